The van der Waals surface area contributed by atoms with Gasteiger partial charge in [0, 0.05) is 17.5 Å². The van der Waals surface area contributed by atoms with Gasteiger partial charge in [0.25, 0.3) is 5.56 Å². The molecule has 2 heterocycles. The zero-order valence-corrected chi connectivity index (χ0v) is 22.7. The number of benzene rings is 2. The quantitative estimate of drug-likeness (QED) is 0.299. The normalized spacial score (nSPS) is 11.6. The van der Waals surface area contributed by atoms with Gasteiger partial charge in [0.05, 0.1) is 22.3 Å². The molecule has 0 aliphatic heterocycles. The number of nitrogens with zero attached hydrogens (tertiary/aromatic N) is 3. The highest BCUT2D eigenvalue weighted by molar-refractivity contribution is 7.98. The third-order valence-corrected chi connectivity index (χ3v) is 6.83. The first-order valence-corrected chi connectivity index (χ1v) is 12.8. The molecule has 0 fully saturated rings. The van der Waals surface area contributed by atoms with Crippen LogP contribution in [-0.4, -0.2) is 20.0 Å². The average molecular weight is 508 g/mol. The van der Waals surface area contributed by atoms with Crippen molar-refractivity contribution in [2.24, 2.45) is 0 Å². The summed E-state index contributed by atoms with van der Waals surface area (Å²) in [4.78, 5) is 13.1. The monoisotopic (exact) mass is 507 g/mol. The third kappa shape index (κ3) is 7.33. The molecule has 0 saturated heterocycles. The molecule has 1 radical (unpaired) electrons. The van der Waals surface area contributed by atoms with Gasteiger partial charge in [-0.15, -0.1) is 11.8 Å². The average Bonchev–Trinajstić information content (AvgIpc) is 3.35. The zero-order valence-electron chi connectivity index (χ0n) is 21.1. The number of rotatable bonds is 4. The molecule has 0 unspecified atom stereocenters. The van der Waals surface area contributed by atoms with Gasteiger partial charge in [0.1, 0.15) is 5.02 Å². The van der Waals surface area contributed by atoms with E-state index in [4.69, 9.17) is 11.6 Å². The summed E-state index contributed by atoms with van der Waals surface area (Å²) in [6, 6.07) is 21.2. The zero-order chi connectivity index (χ0) is 25.6. The highest BCUT2D eigenvalue weighted by atomic mass is 35.5. The van der Waals surface area contributed by atoms with E-state index in [0.717, 1.165) is 21.9 Å². The number of aromatic amines is 1. The number of aromatic nitrogens is 4. The fourth-order valence-electron chi connectivity index (χ4n) is 3.24. The molecule has 0 spiro atoms. The van der Waals surface area contributed by atoms with Crippen LogP contribution in [0.1, 0.15) is 52.7 Å². The molecule has 0 aliphatic carbocycles. The minimum absolute atomic E-state index is 0.149. The summed E-state index contributed by atoms with van der Waals surface area (Å²) in [7, 11) is 0. The summed E-state index contributed by atoms with van der Waals surface area (Å²) in [5.74, 6) is 0.755. The van der Waals surface area contributed by atoms with E-state index in [1.54, 1.807) is 6.20 Å². The lowest BCUT2D eigenvalue weighted by Crippen LogP contribution is -2.36. The highest BCUT2D eigenvalue weighted by Crippen LogP contribution is 2.29. The Bertz CT molecular complexity index is 1270. The standard InChI is InChI=1S/C19H25ClN2OS.C9H7N2/c1-18(2,3)14-9-7-13(8-10-14)12-24-15-11-21-22(19(4,5)6)17(23)16(15)20;1-2-4-8(5-3-1)9-6-7-10-11-9/h7-11H,12H2,1-6H3;2-7H,(H,10,11). The van der Waals surface area contributed by atoms with Gasteiger partial charge in [-0.25, -0.2) is 4.68 Å². The van der Waals surface area contributed by atoms with Crippen LogP contribution in [0.5, 0.6) is 0 Å². The van der Waals surface area contributed by atoms with Crippen LogP contribution in [0.4, 0.5) is 0 Å². The van der Waals surface area contributed by atoms with E-state index in [1.807, 2.05) is 57.3 Å². The number of hydrogen-bond acceptors (Lipinski definition) is 4. The van der Waals surface area contributed by atoms with Gasteiger partial charge in [0.2, 0.25) is 0 Å². The van der Waals surface area contributed by atoms with Crippen molar-refractivity contribution in [3.8, 4) is 11.3 Å². The molecule has 2 aromatic heterocycles. The fourth-order valence-corrected chi connectivity index (χ4v) is 4.38. The van der Waals surface area contributed by atoms with Crippen molar-refractivity contribution in [2.45, 2.75) is 63.1 Å². The van der Waals surface area contributed by atoms with Crippen LogP contribution < -0.4 is 5.56 Å². The smallest absolute Gasteiger partial charge is 0.285 e. The van der Waals surface area contributed by atoms with E-state index < -0.39 is 0 Å². The first-order chi connectivity index (χ1) is 16.5. The van der Waals surface area contributed by atoms with Gasteiger partial charge in [0.15, 0.2) is 0 Å². The van der Waals surface area contributed by atoms with E-state index in [1.165, 1.54) is 27.6 Å². The summed E-state index contributed by atoms with van der Waals surface area (Å²) in [6.07, 6.45) is 3.50. The number of hydrogen-bond donors (Lipinski definition) is 1. The minimum atomic E-state index is -0.382. The lowest BCUT2D eigenvalue weighted by atomic mass is 9.87. The number of halogens is 1. The van der Waals surface area contributed by atoms with Crippen molar-refractivity contribution < 1.29 is 0 Å². The molecule has 35 heavy (non-hydrogen) atoms. The molecule has 0 amide bonds. The molecular weight excluding hydrogens is 476 g/mol. The Labute approximate surface area is 216 Å². The molecule has 2 aromatic carbocycles. The predicted octanol–water partition coefficient (Wildman–Crippen LogP) is 7.12. The summed E-state index contributed by atoms with van der Waals surface area (Å²) in [5.41, 5.74) is 4.12. The number of nitrogens with one attached hydrogen (secondary N) is 1. The SMILES string of the molecule is CC(C)(C)c1ccc(CSc2cnn(C(C)(C)C)c(=O)c2Cl)cc1.[c]1ccc(-c2cc[nH]n2)cc1. The van der Waals surface area contributed by atoms with Gasteiger partial charge in [-0.2, -0.15) is 10.2 Å². The lowest BCUT2D eigenvalue weighted by molar-refractivity contribution is 0.336. The van der Waals surface area contributed by atoms with Crippen molar-refractivity contribution in [1.29, 1.82) is 0 Å². The van der Waals surface area contributed by atoms with Crippen molar-refractivity contribution >= 4 is 23.4 Å². The van der Waals surface area contributed by atoms with E-state index in [-0.39, 0.29) is 21.5 Å². The van der Waals surface area contributed by atoms with Crippen LogP contribution in [-0.2, 0) is 16.7 Å². The summed E-state index contributed by atoms with van der Waals surface area (Å²) < 4.78 is 1.43. The second-order valence-corrected chi connectivity index (χ2v) is 11.6. The van der Waals surface area contributed by atoms with Crippen molar-refractivity contribution in [2.75, 3.05) is 0 Å². The van der Waals surface area contributed by atoms with E-state index >= 15 is 0 Å². The Hall–Kier alpha value is -2.83. The molecule has 4 aromatic rings. The molecule has 0 bridgehead atoms. The molecule has 0 atom stereocenters. The molecule has 4 rings (SSSR count). The van der Waals surface area contributed by atoms with Crippen LogP contribution in [0.15, 0.2) is 76.7 Å². The Balaban J connectivity index is 0.000000256. The second kappa shape index (κ2) is 11.3. The number of thioether (sulfide) groups is 1. The molecule has 1 N–H and O–H groups in total. The van der Waals surface area contributed by atoms with E-state index in [9.17, 15) is 4.79 Å². The summed E-state index contributed by atoms with van der Waals surface area (Å²) in [5, 5.41) is 11.3. The van der Waals surface area contributed by atoms with E-state index in [2.05, 4.69) is 66.4 Å². The summed E-state index contributed by atoms with van der Waals surface area (Å²) >= 11 is 7.80. The Morgan fingerprint density at radius 2 is 1.66 bits per heavy atom. The number of H-pyrrole nitrogens is 1. The Kier molecular flexibility index (Phi) is 8.62. The van der Waals surface area contributed by atoms with Crippen LogP contribution in [0.3, 0.4) is 0 Å². The molecule has 7 heteroatoms. The van der Waals surface area contributed by atoms with Gasteiger partial charge >= 0.3 is 0 Å². The molecule has 0 aliphatic rings. The van der Waals surface area contributed by atoms with Crippen LogP contribution in [0.25, 0.3) is 11.3 Å². The second-order valence-electron chi connectivity index (χ2n) is 10.2. The van der Waals surface area contributed by atoms with Gasteiger partial charge in [-0.05, 0) is 49.4 Å². The maximum Gasteiger partial charge on any atom is 0.287 e. The largest absolute Gasteiger partial charge is 0.287 e. The first kappa shape index (κ1) is 26.8. The van der Waals surface area contributed by atoms with Crippen LogP contribution >= 0.6 is 23.4 Å². The molecule has 183 valence electrons. The fraction of sp³-hybridized carbons (Fsp3) is 0.321. The maximum atomic E-state index is 12.4. The molecular formula is C28H32ClN4OS. The molecule has 5 nitrogen and oxygen atoms in total. The van der Waals surface area contributed by atoms with Crippen molar-refractivity contribution in [3.63, 3.8) is 0 Å². The lowest BCUT2D eigenvalue weighted by Gasteiger charge is -2.21. The predicted molar refractivity (Wildman–Crippen MR) is 146 cm³/mol. The van der Waals surface area contributed by atoms with Crippen molar-refractivity contribution in [1.82, 2.24) is 20.0 Å². The molecule has 0 saturated carbocycles. The third-order valence-electron chi connectivity index (χ3n) is 5.25. The summed E-state index contributed by atoms with van der Waals surface area (Å²) in [6.45, 7) is 12.4. The first-order valence-electron chi connectivity index (χ1n) is 11.4. The van der Waals surface area contributed by atoms with Gasteiger partial charge in [-0.1, -0.05) is 80.9 Å². The Morgan fingerprint density at radius 1 is 1.00 bits per heavy atom. The van der Waals surface area contributed by atoms with Crippen molar-refractivity contribution in [3.05, 3.63) is 99.6 Å². The maximum absolute atomic E-state index is 12.4. The van der Waals surface area contributed by atoms with Gasteiger partial charge < -0.3 is 0 Å². The van der Waals surface area contributed by atoms with Crippen LogP contribution in [0, 0.1) is 6.07 Å². The Morgan fingerprint density at radius 3 is 2.20 bits per heavy atom. The topological polar surface area (TPSA) is 63.6 Å². The van der Waals surface area contributed by atoms with Crippen LogP contribution in [0.2, 0.25) is 5.02 Å². The van der Waals surface area contributed by atoms with Gasteiger partial charge in [-0.3, -0.25) is 9.89 Å². The minimum Gasteiger partial charge on any atom is -0.285 e. The highest BCUT2D eigenvalue weighted by Gasteiger charge is 2.19. The van der Waals surface area contributed by atoms with E-state index in [0.29, 0.717) is 0 Å².